The monoisotopic (exact) mass is 630 g/mol. The minimum absolute atomic E-state index is 0.0266. The lowest BCUT2D eigenvalue weighted by Crippen LogP contribution is -2.35. The highest BCUT2D eigenvalue weighted by molar-refractivity contribution is 6.35. The van der Waals surface area contributed by atoms with E-state index in [9.17, 15) is 9.59 Å². The first-order valence-corrected chi connectivity index (χ1v) is 15.0. The molecule has 0 bridgehead atoms. The predicted octanol–water partition coefficient (Wildman–Crippen LogP) is 3.27. The molecule has 5 rings (SSSR count). The molecule has 1 fully saturated rings. The Morgan fingerprint density at radius 3 is 2.69 bits per heavy atom. The van der Waals surface area contributed by atoms with Gasteiger partial charge in [-0.15, -0.1) is 0 Å². The number of halogens is 1. The zero-order chi connectivity index (χ0) is 31.8. The highest BCUT2D eigenvalue weighted by Crippen LogP contribution is 2.38. The molecular formula is C32H35ClN8O4. The van der Waals surface area contributed by atoms with Crippen LogP contribution in [0.5, 0.6) is 5.88 Å². The molecule has 0 saturated carbocycles. The van der Waals surface area contributed by atoms with Crippen molar-refractivity contribution in [3.8, 4) is 28.4 Å². The number of pyridine rings is 2. The van der Waals surface area contributed by atoms with Gasteiger partial charge in [-0.3, -0.25) is 19.6 Å². The number of aliphatic hydroxyl groups is 1. The van der Waals surface area contributed by atoms with Crippen molar-refractivity contribution in [2.75, 3.05) is 32.1 Å². The second-order valence-corrected chi connectivity index (χ2v) is 10.9. The van der Waals surface area contributed by atoms with Gasteiger partial charge in [-0.2, -0.15) is 0 Å². The van der Waals surface area contributed by atoms with Gasteiger partial charge in [0.25, 0.3) is 5.91 Å². The van der Waals surface area contributed by atoms with Crippen LogP contribution in [-0.4, -0.2) is 69.7 Å². The van der Waals surface area contributed by atoms with Crippen molar-refractivity contribution in [2.45, 2.75) is 38.9 Å². The quantitative estimate of drug-likeness (QED) is 0.139. The molecule has 1 unspecified atom stereocenters. The molecule has 1 aliphatic rings. The zero-order valence-electron chi connectivity index (χ0n) is 25.1. The van der Waals surface area contributed by atoms with Crippen LogP contribution in [0.3, 0.4) is 0 Å². The second-order valence-electron chi connectivity index (χ2n) is 10.5. The van der Waals surface area contributed by atoms with Crippen molar-refractivity contribution in [2.24, 2.45) is 0 Å². The van der Waals surface area contributed by atoms with Crippen LogP contribution in [0.15, 0.2) is 55.0 Å². The lowest BCUT2D eigenvalue weighted by molar-refractivity contribution is -0.119. The molecular weight excluding hydrogens is 596 g/mol. The number of methoxy groups -OCH3 is 1. The Bertz CT molecular complexity index is 1670. The lowest BCUT2D eigenvalue weighted by Gasteiger charge is -2.16. The fourth-order valence-electron chi connectivity index (χ4n) is 5.04. The predicted molar refractivity (Wildman–Crippen MR) is 171 cm³/mol. The van der Waals surface area contributed by atoms with E-state index in [1.54, 1.807) is 25.4 Å². The summed E-state index contributed by atoms with van der Waals surface area (Å²) in [7, 11) is 1.58. The van der Waals surface area contributed by atoms with Gasteiger partial charge in [0, 0.05) is 67.2 Å². The van der Waals surface area contributed by atoms with E-state index in [0.717, 1.165) is 23.1 Å². The zero-order valence-corrected chi connectivity index (χ0v) is 25.8. The van der Waals surface area contributed by atoms with E-state index >= 15 is 0 Å². The van der Waals surface area contributed by atoms with Crippen LogP contribution in [0.2, 0.25) is 5.02 Å². The summed E-state index contributed by atoms with van der Waals surface area (Å²) < 4.78 is 5.60. The molecule has 1 saturated heterocycles. The average molecular weight is 631 g/mol. The Morgan fingerprint density at radius 1 is 1.09 bits per heavy atom. The van der Waals surface area contributed by atoms with E-state index in [1.165, 1.54) is 12.4 Å². The molecule has 13 heteroatoms. The summed E-state index contributed by atoms with van der Waals surface area (Å²) in [5, 5.41) is 21.6. The molecule has 4 heterocycles. The molecule has 1 aromatic carbocycles. The Balaban J connectivity index is 1.32. The van der Waals surface area contributed by atoms with Gasteiger partial charge < -0.3 is 31.1 Å². The van der Waals surface area contributed by atoms with E-state index in [4.69, 9.17) is 26.4 Å². The fourth-order valence-corrected chi connectivity index (χ4v) is 5.35. The maximum absolute atomic E-state index is 13.0. The fraction of sp³-hybridized carbons (Fsp3) is 0.312. The molecule has 1 aliphatic heterocycles. The first-order valence-electron chi connectivity index (χ1n) is 14.6. The van der Waals surface area contributed by atoms with Crippen LogP contribution in [-0.2, 0) is 17.9 Å². The van der Waals surface area contributed by atoms with Gasteiger partial charge in [0.1, 0.15) is 5.69 Å². The van der Waals surface area contributed by atoms with E-state index in [2.05, 4.69) is 36.2 Å². The number of carbonyl (C=O) groups excluding carboxylic acids is 2. The minimum Gasteiger partial charge on any atom is -0.481 e. The number of amides is 2. The van der Waals surface area contributed by atoms with Gasteiger partial charge in [-0.25, -0.2) is 9.97 Å². The summed E-state index contributed by atoms with van der Waals surface area (Å²) >= 11 is 6.95. The van der Waals surface area contributed by atoms with E-state index in [0.29, 0.717) is 71.8 Å². The van der Waals surface area contributed by atoms with Crippen molar-refractivity contribution in [3.05, 3.63) is 82.5 Å². The summed E-state index contributed by atoms with van der Waals surface area (Å²) in [5.74, 6) is 0.166. The Morgan fingerprint density at radius 2 is 1.96 bits per heavy atom. The van der Waals surface area contributed by atoms with Crippen LogP contribution in [0, 0.1) is 6.92 Å². The third kappa shape index (κ3) is 7.78. The average Bonchev–Trinajstić information content (AvgIpc) is 3.47. The number of nitrogens with zero attached hydrogens (tertiary/aromatic N) is 4. The van der Waals surface area contributed by atoms with Crippen LogP contribution in [0.1, 0.15) is 40.2 Å². The maximum Gasteiger partial charge on any atom is 0.275 e. The molecule has 234 valence electrons. The Hall–Kier alpha value is -4.49. The van der Waals surface area contributed by atoms with E-state index in [-0.39, 0.29) is 24.2 Å². The van der Waals surface area contributed by atoms with Gasteiger partial charge in [0.05, 0.1) is 48.2 Å². The van der Waals surface area contributed by atoms with Crippen LogP contribution >= 0.6 is 11.6 Å². The standard InChI is InChI=1S/C32H35ClN8O4/c1-19-23(4-3-5-25(19)40-31(44)27-18-37-22(17-38-27)16-34-12-13-42)30-29(33)24(10-11-36-30)26-8-6-20(32(41-26)45-2)14-35-15-21-7-9-28(43)39-21/h3-6,8,10-11,17-18,21,34-35,42H,7,9,12-16H2,1-2H3,(H,39,43)(H,40,44). The number of aromatic nitrogens is 4. The van der Waals surface area contributed by atoms with Gasteiger partial charge in [0.2, 0.25) is 11.8 Å². The van der Waals surface area contributed by atoms with Crippen molar-refractivity contribution >= 4 is 29.1 Å². The van der Waals surface area contributed by atoms with Gasteiger partial charge in [-0.1, -0.05) is 29.8 Å². The van der Waals surface area contributed by atoms with E-state index < -0.39 is 5.91 Å². The smallest absolute Gasteiger partial charge is 0.275 e. The van der Waals surface area contributed by atoms with Gasteiger partial charge in [0.15, 0.2) is 0 Å². The molecule has 5 N–H and O–H groups in total. The number of ether oxygens (including phenoxy) is 1. The third-order valence-corrected chi connectivity index (χ3v) is 7.84. The van der Waals surface area contributed by atoms with Crippen molar-refractivity contribution in [1.29, 1.82) is 0 Å². The number of rotatable bonds is 13. The maximum atomic E-state index is 13.0. The lowest BCUT2D eigenvalue weighted by atomic mass is 10.0. The van der Waals surface area contributed by atoms with Gasteiger partial charge in [-0.05, 0) is 37.1 Å². The Labute approximate surface area is 266 Å². The molecule has 1 atom stereocenters. The van der Waals surface area contributed by atoms with E-state index in [1.807, 2.05) is 31.2 Å². The molecule has 12 nitrogen and oxygen atoms in total. The summed E-state index contributed by atoms with van der Waals surface area (Å²) in [4.78, 5) is 42.3. The SMILES string of the molecule is COc1nc(-c2ccnc(-c3cccc(NC(=O)c4cnc(CNCCO)cn4)c3C)c2Cl)ccc1CNCC1CCC(=O)N1. The summed E-state index contributed by atoms with van der Waals surface area (Å²) in [6.07, 6.45) is 6.01. The number of anilines is 1. The highest BCUT2D eigenvalue weighted by atomic mass is 35.5. The molecule has 0 spiro atoms. The minimum atomic E-state index is -0.399. The molecule has 4 aromatic rings. The molecule has 2 amide bonds. The topological polar surface area (TPSA) is 163 Å². The molecule has 0 radical (unpaired) electrons. The highest BCUT2D eigenvalue weighted by Gasteiger charge is 2.21. The number of carbonyl (C=O) groups is 2. The largest absolute Gasteiger partial charge is 0.481 e. The first-order chi connectivity index (χ1) is 21.9. The third-order valence-electron chi connectivity index (χ3n) is 7.46. The summed E-state index contributed by atoms with van der Waals surface area (Å²) in [6.45, 7) is 4.00. The van der Waals surface area contributed by atoms with Crippen LogP contribution in [0.25, 0.3) is 22.5 Å². The normalized spacial score (nSPS) is 14.3. The summed E-state index contributed by atoms with van der Waals surface area (Å²) in [6, 6.07) is 11.3. The number of aliphatic hydroxyl groups excluding tert-OH is 1. The summed E-state index contributed by atoms with van der Waals surface area (Å²) in [5.41, 5.74) is 5.70. The molecule has 0 aliphatic carbocycles. The Kier molecular flexibility index (Phi) is 10.6. The second kappa shape index (κ2) is 15.0. The molecule has 3 aromatic heterocycles. The number of nitrogens with one attached hydrogen (secondary N) is 4. The van der Waals surface area contributed by atoms with Gasteiger partial charge >= 0.3 is 0 Å². The van der Waals surface area contributed by atoms with Crippen molar-refractivity contribution < 1.29 is 19.4 Å². The first kappa shape index (κ1) is 31.9. The number of hydrogen-bond acceptors (Lipinski definition) is 10. The molecule has 45 heavy (non-hydrogen) atoms. The number of hydrogen-bond donors (Lipinski definition) is 5. The number of benzene rings is 1. The van der Waals surface area contributed by atoms with Crippen LogP contribution in [0.4, 0.5) is 5.69 Å². The van der Waals surface area contributed by atoms with Crippen molar-refractivity contribution in [3.63, 3.8) is 0 Å². The van der Waals surface area contributed by atoms with Crippen molar-refractivity contribution in [1.82, 2.24) is 35.9 Å². The van der Waals surface area contributed by atoms with Crippen LogP contribution < -0.4 is 26.0 Å².